The number of benzene rings is 1. The molecule has 1 aliphatic carbocycles. The Hall–Kier alpha value is -0.910. The Balaban J connectivity index is 1.81. The van der Waals surface area contributed by atoms with Crippen LogP contribution in [0.15, 0.2) is 23.1 Å². The maximum Gasteiger partial charge on any atom is 0.240 e. The summed E-state index contributed by atoms with van der Waals surface area (Å²) in [6.45, 7) is 3.79. The summed E-state index contributed by atoms with van der Waals surface area (Å²) in [7, 11) is -3.40. The van der Waals surface area contributed by atoms with Crippen molar-refractivity contribution in [3.63, 3.8) is 0 Å². The molecule has 0 bridgehead atoms. The number of hydrogen-bond donors (Lipinski definition) is 2. The highest BCUT2D eigenvalue weighted by atomic mass is 32.2. The number of nitrogens with one attached hydrogen (secondary N) is 2. The molecule has 4 nitrogen and oxygen atoms in total. The Kier molecular flexibility index (Phi) is 3.84. The molecule has 0 amide bonds. The van der Waals surface area contributed by atoms with Crippen LogP contribution in [0.25, 0.3) is 0 Å². The highest BCUT2D eigenvalue weighted by Gasteiger charge is 2.27. The zero-order valence-electron chi connectivity index (χ0n) is 11.9. The van der Waals surface area contributed by atoms with E-state index in [9.17, 15) is 8.42 Å². The lowest BCUT2D eigenvalue weighted by Crippen LogP contribution is -2.50. The molecule has 0 saturated carbocycles. The molecule has 2 N–H and O–H groups in total. The average Bonchev–Trinajstić information content (AvgIpc) is 2.88. The van der Waals surface area contributed by atoms with Crippen LogP contribution in [0.1, 0.15) is 30.9 Å². The van der Waals surface area contributed by atoms with Crippen LogP contribution in [0.3, 0.4) is 0 Å². The predicted octanol–water partition coefficient (Wildman–Crippen LogP) is 1.45. The second-order valence-electron chi connectivity index (χ2n) is 5.98. The highest BCUT2D eigenvalue weighted by Crippen LogP contribution is 2.25. The fourth-order valence-corrected chi connectivity index (χ4v) is 4.53. The number of aryl methyl sites for hydroxylation is 2. The summed E-state index contributed by atoms with van der Waals surface area (Å²) in [6.07, 6.45) is 4.22. The molecule has 0 spiro atoms. The SMILES string of the molecule is CC1CCNCC1NS(=O)(=O)c1ccc2c(c1)CCC2. The van der Waals surface area contributed by atoms with Gasteiger partial charge in [0.05, 0.1) is 4.90 Å². The third kappa shape index (κ3) is 2.75. The van der Waals surface area contributed by atoms with Crippen molar-refractivity contribution in [2.24, 2.45) is 5.92 Å². The van der Waals surface area contributed by atoms with Crippen LogP contribution < -0.4 is 10.0 Å². The molecule has 1 saturated heterocycles. The van der Waals surface area contributed by atoms with Crippen molar-refractivity contribution in [1.29, 1.82) is 0 Å². The summed E-state index contributed by atoms with van der Waals surface area (Å²) in [4.78, 5) is 0.413. The van der Waals surface area contributed by atoms with Gasteiger partial charge in [-0.25, -0.2) is 13.1 Å². The van der Waals surface area contributed by atoms with Crippen molar-refractivity contribution < 1.29 is 8.42 Å². The minimum Gasteiger partial charge on any atom is -0.315 e. The van der Waals surface area contributed by atoms with Gasteiger partial charge in [-0.15, -0.1) is 0 Å². The normalized spacial score (nSPS) is 26.4. The fraction of sp³-hybridized carbons (Fsp3) is 0.600. The number of hydrogen-bond acceptors (Lipinski definition) is 3. The van der Waals surface area contributed by atoms with Crippen LogP contribution >= 0.6 is 0 Å². The van der Waals surface area contributed by atoms with Crippen LogP contribution in [0.2, 0.25) is 0 Å². The average molecular weight is 294 g/mol. The number of rotatable bonds is 3. The third-order valence-electron chi connectivity index (χ3n) is 4.51. The fourth-order valence-electron chi connectivity index (χ4n) is 3.13. The van der Waals surface area contributed by atoms with Crippen molar-refractivity contribution in [1.82, 2.24) is 10.0 Å². The predicted molar refractivity (Wildman–Crippen MR) is 79.2 cm³/mol. The lowest BCUT2D eigenvalue weighted by atomic mass is 9.96. The summed E-state index contributed by atoms with van der Waals surface area (Å²) >= 11 is 0. The topological polar surface area (TPSA) is 58.2 Å². The standard InChI is InChI=1S/C15H22N2O2S/c1-11-7-8-16-10-15(11)17-20(18,19)14-6-5-12-3-2-4-13(12)9-14/h5-6,9,11,15-17H,2-4,7-8,10H2,1H3. The van der Waals surface area contributed by atoms with Gasteiger partial charge in [-0.1, -0.05) is 13.0 Å². The van der Waals surface area contributed by atoms with E-state index in [1.807, 2.05) is 12.1 Å². The van der Waals surface area contributed by atoms with Crippen molar-refractivity contribution in [2.45, 2.75) is 43.5 Å². The monoisotopic (exact) mass is 294 g/mol. The molecule has 1 aromatic rings. The second kappa shape index (κ2) is 5.47. The molecular weight excluding hydrogens is 272 g/mol. The molecule has 20 heavy (non-hydrogen) atoms. The minimum atomic E-state index is -3.40. The third-order valence-corrected chi connectivity index (χ3v) is 6.00. The summed E-state index contributed by atoms with van der Waals surface area (Å²) in [5, 5.41) is 3.25. The summed E-state index contributed by atoms with van der Waals surface area (Å²) in [5.41, 5.74) is 2.50. The van der Waals surface area contributed by atoms with Crippen LogP contribution in [0.4, 0.5) is 0 Å². The maximum absolute atomic E-state index is 12.5. The molecular formula is C15H22N2O2S. The molecule has 110 valence electrons. The lowest BCUT2D eigenvalue weighted by molar-refractivity contribution is 0.327. The zero-order valence-corrected chi connectivity index (χ0v) is 12.7. The van der Waals surface area contributed by atoms with Gasteiger partial charge >= 0.3 is 0 Å². The van der Waals surface area contributed by atoms with Crippen molar-refractivity contribution in [3.05, 3.63) is 29.3 Å². The number of fused-ring (bicyclic) bond motifs is 1. The zero-order chi connectivity index (χ0) is 14.2. The smallest absolute Gasteiger partial charge is 0.240 e. The summed E-state index contributed by atoms with van der Waals surface area (Å²) in [6, 6.07) is 5.56. The van der Waals surface area contributed by atoms with Crippen LogP contribution in [0, 0.1) is 5.92 Å². The number of piperidine rings is 1. The van der Waals surface area contributed by atoms with Gasteiger partial charge in [-0.3, -0.25) is 0 Å². The van der Waals surface area contributed by atoms with E-state index in [4.69, 9.17) is 0 Å². The Bertz CT molecular complexity index is 598. The quantitative estimate of drug-likeness (QED) is 0.887. The van der Waals surface area contributed by atoms with Crippen LogP contribution in [-0.4, -0.2) is 27.5 Å². The Labute approximate surface area is 121 Å². The Morgan fingerprint density at radius 3 is 2.85 bits per heavy atom. The van der Waals surface area contributed by atoms with Crippen LogP contribution in [-0.2, 0) is 22.9 Å². The van der Waals surface area contributed by atoms with Crippen molar-refractivity contribution in [3.8, 4) is 0 Å². The molecule has 1 heterocycles. The first-order chi connectivity index (χ1) is 9.56. The van der Waals surface area contributed by atoms with Crippen LogP contribution in [0.5, 0.6) is 0 Å². The molecule has 0 radical (unpaired) electrons. The molecule has 1 aliphatic heterocycles. The molecule has 0 aromatic heterocycles. The number of sulfonamides is 1. The molecule has 5 heteroatoms. The molecule has 2 unspecified atom stereocenters. The van der Waals surface area contributed by atoms with E-state index in [0.29, 0.717) is 17.4 Å². The first-order valence-electron chi connectivity index (χ1n) is 7.41. The molecule has 2 atom stereocenters. The first kappa shape index (κ1) is 14.0. The molecule has 3 rings (SSSR count). The van der Waals surface area contributed by atoms with Gasteiger partial charge in [0.1, 0.15) is 0 Å². The van der Waals surface area contributed by atoms with Gasteiger partial charge in [-0.2, -0.15) is 0 Å². The Morgan fingerprint density at radius 1 is 1.25 bits per heavy atom. The summed E-state index contributed by atoms with van der Waals surface area (Å²) < 4.78 is 27.9. The van der Waals surface area contributed by atoms with E-state index < -0.39 is 10.0 Å². The van der Waals surface area contributed by atoms with E-state index in [1.54, 1.807) is 6.07 Å². The van der Waals surface area contributed by atoms with Gasteiger partial charge in [0.15, 0.2) is 0 Å². The molecule has 1 aromatic carbocycles. The van der Waals surface area contributed by atoms with Gasteiger partial charge in [0.25, 0.3) is 0 Å². The highest BCUT2D eigenvalue weighted by molar-refractivity contribution is 7.89. The minimum absolute atomic E-state index is 0.0120. The first-order valence-corrected chi connectivity index (χ1v) is 8.89. The van der Waals surface area contributed by atoms with Gasteiger partial charge in [-0.05, 0) is 61.4 Å². The lowest BCUT2D eigenvalue weighted by Gasteiger charge is -2.30. The second-order valence-corrected chi connectivity index (χ2v) is 7.70. The summed E-state index contributed by atoms with van der Waals surface area (Å²) in [5.74, 6) is 0.375. The largest absolute Gasteiger partial charge is 0.315 e. The van der Waals surface area contributed by atoms with E-state index >= 15 is 0 Å². The van der Waals surface area contributed by atoms with Gasteiger partial charge in [0, 0.05) is 12.6 Å². The van der Waals surface area contributed by atoms with Gasteiger partial charge < -0.3 is 5.32 Å². The van der Waals surface area contributed by atoms with E-state index in [-0.39, 0.29) is 6.04 Å². The van der Waals surface area contributed by atoms with Crippen molar-refractivity contribution >= 4 is 10.0 Å². The van der Waals surface area contributed by atoms with E-state index in [1.165, 1.54) is 11.1 Å². The molecule has 2 aliphatic rings. The van der Waals surface area contributed by atoms with E-state index in [0.717, 1.165) is 32.2 Å². The van der Waals surface area contributed by atoms with E-state index in [2.05, 4.69) is 17.0 Å². The Morgan fingerprint density at radius 2 is 2.05 bits per heavy atom. The van der Waals surface area contributed by atoms with Gasteiger partial charge in [0.2, 0.25) is 10.0 Å². The van der Waals surface area contributed by atoms with Crippen molar-refractivity contribution in [2.75, 3.05) is 13.1 Å². The maximum atomic E-state index is 12.5. The molecule has 1 fully saturated rings.